The first kappa shape index (κ1) is 14.9. The topological polar surface area (TPSA) is 6.48 Å². The van der Waals surface area contributed by atoms with Crippen molar-refractivity contribution in [3.63, 3.8) is 0 Å². The maximum absolute atomic E-state index is 4.54. The normalized spacial score (nSPS) is 19.8. The van der Waals surface area contributed by atoms with Gasteiger partial charge in [-0.05, 0) is 25.2 Å². The van der Waals surface area contributed by atoms with E-state index in [2.05, 4.69) is 66.6 Å². The molecule has 2 nitrogen and oxygen atoms in total. The average molecular weight is 278 g/mol. The number of nitrogens with zero attached hydrogens (tertiary/aromatic N) is 2. The lowest BCUT2D eigenvalue weighted by molar-refractivity contribution is 0.105. The number of piperazine rings is 1. The van der Waals surface area contributed by atoms with E-state index >= 15 is 0 Å². The number of thiol groups is 1. The standard InChI is InChI=1S/C16H26N2S/c1-14(2)18-10-8-17(9-11-18)12-16(13-19)15-6-4-3-5-7-15/h3-7,14,16,19H,8-13H2,1-2H3. The van der Waals surface area contributed by atoms with Gasteiger partial charge in [-0.15, -0.1) is 0 Å². The van der Waals surface area contributed by atoms with E-state index in [1.165, 1.54) is 31.7 Å². The van der Waals surface area contributed by atoms with Crippen molar-refractivity contribution in [2.24, 2.45) is 0 Å². The monoisotopic (exact) mass is 278 g/mol. The molecule has 3 heteroatoms. The second-order valence-electron chi connectivity index (χ2n) is 5.72. The van der Waals surface area contributed by atoms with Gasteiger partial charge >= 0.3 is 0 Å². The highest BCUT2D eigenvalue weighted by atomic mass is 32.1. The highest BCUT2D eigenvalue weighted by Crippen LogP contribution is 2.19. The Kier molecular flexibility index (Phi) is 5.74. The van der Waals surface area contributed by atoms with E-state index < -0.39 is 0 Å². The van der Waals surface area contributed by atoms with Gasteiger partial charge in [0.25, 0.3) is 0 Å². The second kappa shape index (κ2) is 7.32. The smallest absolute Gasteiger partial charge is 0.0113 e. The molecule has 1 unspecified atom stereocenters. The predicted octanol–water partition coefficient (Wildman–Crippen LogP) is 2.73. The zero-order chi connectivity index (χ0) is 13.7. The third-order valence-electron chi connectivity index (χ3n) is 4.11. The molecule has 0 aromatic heterocycles. The van der Waals surface area contributed by atoms with Crippen LogP contribution in [0.25, 0.3) is 0 Å². The van der Waals surface area contributed by atoms with Gasteiger partial charge in [0.15, 0.2) is 0 Å². The van der Waals surface area contributed by atoms with E-state index in [-0.39, 0.29) is 0 Å². The van der Waals surface area contributed by atoms with Crippen LogP contribution in [0.2, 0.25) is 0 Å². The molecule has 0 bridgehead atoms. The van der Waals surface area contributed by atoms with Crippen LogP contribution in [0.5, 0.6) is 0 Å². The Morgan fingerprint density at radius 1 is 1.05 bits per heavy atom. The van der Waals surface area contributed by atoms with Crippen molar-refractivity contribution in [3.8, 4) is 0 Å². The van der Waals surface area contributed by atoms with Crippen molar-refractivity contribution < 1.29 is 0 Å². The maximum Gasteiger partial charge on any atom is 0.0113 e. The Bertz CT molecular complexity index is 358. The molecule has 1 saturated heterocycles. The molecule has 1 aliphatic heterocycles. The lowest BCUT2D eigenvalue weighted by atomic mass is 10.00. The van der Waals surface area contributed by atoms with Crippen molar-refractivity contribution in [2.45, 2.75) is 25.8 Å². The molecule has 1 aliphatic rings. The van der Waals surface area contributed by atoms with Crippen molar-refractivity contribution >= 4 is 12.6 Å². The molecular formula is C16H26N2S. The van der Waals surface area contributed by atoms with E-state index in [1.54, 1.807) is 0 Å². The van der Waals surface area contributed by atoms with Crippen molar-refractivity contribution in [2.75, 3.05) is 38.5 Å². The highest BCUT2D eigenvalue weighted by molar-refractivity contribution is 7.80. The maximum atomic E-state index is 4.54. The van der Waals surface area contributed by atoms with Crippen LogP contribution in [0.4, 0.5) is 0 Å². The van der Waals surface area contributed by atoms with Gasteiger partial charge in [-0.25, -0.2) is 0 Å². The molecule has 2 rings (SSSR count). The Labute approximate surface area is 123 Å². The molecule has 0 radical (unpaired) electrons. The molecule has 0 aliphatic carbocycles. The van der Waals surface area contributed by atoms with Gasteiger partial charge in [0.05, 0.1) is 0 Å². The zero-order valence-corrected chi connectivity index (χ0v) is 13.0. The zero-order valence-electron chi connectivity index (χ0n) is 12.1. The fourth-order valence-electron chi connectivity index (χ4n) is 2.77. The van der Waals surface area contributed by atoms with E-state index in [1.807, 2.05) is 0 Å². The van der Waals surface area contributed by atoms with Crippen LogP contribution < -0.4 is 0 Å². The van der Waals surface area contributed by atoms with Gasteiger partial charge < -0.3 is 4.90 Å². The van der Waals surface area contributed by atoms with Crippen LogP contribution in [0.3, 0.4) is 0 Å². The van der Waals surface area contributed by atoms with Crippen molar-refractivity contribution in [3.05, 3.63) is 35.9 Å². The summed E-state index contributed by atoms with van der Waals surface area (Å²) in [5, 5.41) is 0. The third kappa shape index (κ3) is 4.23. The molecule has 1 atom stereocenters. The number of benzene rings is 1. The summed E-state index contributed by atoms with van der Waals surface area (Å²) in [6, 6.07) is 11.5. The highest BCUT2D eigenvalue weighted by Gasteiger charge is 2.21. The van der Waals surface area contributed by atoms with Crippen LogP contribution in [-0.4, -0.2) is 54.3 Å². The number of hydrogen-bond acceptors (Lipinski definition) is 3. The molecule has 1 heterocycles. The van der Waals surface area contributed by atoms with Gasteiger partial charge in [-0.1, -0.05) is 30.3 Å². The molecule has 0 spiro atoms. The minimum absolute atomic E-state index is 0.551. The Morgan fingerprint density at radius 2 is 1.68 bits per heavy atom. The first-order chi connectivity index (χ1) is 9.20. The van der Waals surface area contributed by atoms with Gasteiger partial charge in [0.2, 0.25) is 0 Å². The minimum Gasteiger partial charge on any atom is -0.300 e. The molecule has 0 N–H and O–H groups in total. The molecular weight excluding hydrogens is 252 g/mol. The Balaban J connectivity index is 1.87. The van der Waals surface area contributed by atoms with Gasteiger partial charge in [-0.3, -0.25) is 4.90 Å². The van der Waals surface area contributed by atoms with Crippen LogP contribution >= 0.6 is 12.6 Å². The summed E-state index contributed by atoms with van der Waals surface area (Å²) in [4.78, 5) is 5.15. The predicted molar refractivity (Wildman–Crippen MR) is 86.2 cm³/mol. The largest absolute Gasteiger partial charge is 0.300 e. The van der Waals surface area contributed by atoms with E-state index in [0.717, 1.165) is 12.3 Å². The van der Waals surface area contributed by atoms with Crippen molar-refractivity contribution in [1.82, 2.24) is 9.80 Å². The molecule has 0 amide bonds. The summed E-state index contributed by atoms with van der Waals surface area (Å²) in [5.41, 5.74) is 1.42. The lowest BCUT2D eigenvalue weighted by Gasteiger charge is -2.38. The summed E-state index contributed by atoms with van der Waals surface area (Å²) >= 11 is 4.54. The minimum atomic E-state index is 0.551. The Hall–Kier alpha value is -0.510. The Morgan fingerprint density at radius 3 is 2.21 bits per heavy atom. The molecule has 106 valence electrons. The summed E-state index contributed by atoms with van der Waals surface area (Å²) in [5.74, 6) is 1.48. The molecule has 0 saturated carbocycles. The van der Waals surface area contributed by atoms with Crippen LogP contribution in [0.15, 0.2) is 30.3 Å². The first-order valence-corrected chi connectivity index (χ1v) is 7.96. The second-order valence-corrected chi connectivity index (χ2v) is 6.09. The van der Waals surface area contributed by atoms with Gasteiger partial charge in [0.1, 0.15) is 0 Å². The fourth-order valence-corrected chi connectivity index (χ4v) is 3.09. The first-order valence-electron chi connectivity index (χ1n) is 7.33. The summed E-state index contributed by atoms with van der Waals surface area (Å²) < 4.78 is 0. The summed E-state index contributed by atoms with van der Waals surface area (Å²) in [7, 11) is 0. The van der Waals surface area contributed by atoms with Gasteiger partial charge in [-0.2, -0.15) is 12.6 Å². The van der Waals surface area contributed by atoms with Gasteiger partial charge in [0, 0.05) is 44.7 Å². The van der Waals surface area contributed by atoms with Crippen LogP contribution in [0.1, 0.15) is 25.3 Å². The fraction of sp³-hybridized carbons (Fsp3) is 0.625. The molecule has 19 heavy (non-hydrogen) atoms. The third-order valence-corrected chi connectivity index (χ3v) is 4.55. The SMILES string of the molecule is CC(C)N1CCN(CC(CS)c2ccccc2)CC1. The van der Waals surface area contributed by atoms with E-state index in [0.29, 0.717) is 12.0 Å². The average Bonchev–Trinajstić information content (AvgIpc) is 2.46. The molecule has 1 aromatic carbocycles. The van der Waals surface area contributed by atoms with E-state index in [4.69, 9.17) is 0 Å². The molecule has 1 aromatic rings. The quantitative estimate of drug-likeness (QED) is 0.828. The lowest BCUT2D eigenvalue weighted by Crippen LogP contribution is -2.49. The molecule has 1 fully saturated rings. The van der Waals surface area contributed by atoms with E-state index in [9.17, 15) is 0 Å². The van der Waals surface area contributed by atoms with Crippen LogP contribution in [-0.2, 0) is 0 Å². The summed E-state index contributed by atoms with van der Waals surface area (Å²) in [6.07, 6.45) is 0. The van der Waals surface area contributed by atoms with Crippen LogP contribution in [0, 0.1) is 0 Å². The summed E-state index contributed by atoms with van der Waals surface area (Å²) in [6.45, 7) is 10.5. The number of rotatable bonds is 5. The van der Waals surface area contributed by atoms with Crippen molar-refractivity contribution in [1.29, 1.82) is 0 Å². The number of hydrogen-bond donors (Lipinski definition) is 1.